The third-order valence-electron chi connectivity index (χ3n) is 4.28. The number of benzene rings is 2. The highest BCUT2D eigenvalue weighted by atomic mass is 16.6. The average Bonchev–Trinajstić information content (AvgIpc) is 2.72. The van der Waals surface area contributed by atoms with Crippen LogP contribution >= 0.6 is 0 Å². The average molecular weight is 413 g/mol. The molecule has 2 amide bonds. The Morgan fingerprint density at radius 3 is 2.47 bits per heavy atom. The number of amides is 2. The number of aryl methyl sites for hydroxylation is 2. The van der Waals surface area contributed by atoms with Gasteiger partial charge in [0.05, 0.1) is 11.3 Å². The van der Waals surface area contributed by atoms with E-state index in [0.29, 0.717) is 11.3 Å². The van der Waals surface area contributed by atoms with Gasteiger partial charge in [-0.05, 0) is 31.0 Å². The summed E-state index contributed by atoms with van der Waals surface area (Å²) in [5.74, 6) is -1.66. The molecule has 30 heavy (non-hydrogen) atoms. The fourth-order valence-corrected chi connectivity index (χ4v) is 2.68. The molecule has 2 aromatic rings. The predicted molar refractivity (Wildman–Crippen MR) is 111 cm³/mol. The summed E-state index contributed by atoms with van der Waals surface area (Å²) >= 11 is 0. The number of rotatable bonds is 9. The quantitative estimate of drug-likeness (QED) is 0.369. The van der Waals surface area contributed by atoms with E-state index in [1.807, 2.05) is 25.1 Å². The molecule has 0 bridgehead atoms. The van der Waals surface area contributed by atoms with Crippen molar-refractivity contribution in [1.29, 1.82) is 0 Å². The maximum atomic E-state index is 12.0. The third-order valence-corrected chi connectivity index (χ3v) is 4.28. The first kappa shape index (κ1) is 22.5. The summed E-state index contributed by atoms with van der Waals surface area (Å²) in [4.78, 5) is 46.1. The van der Waals surface area contributed by atoms with Crippen LogP contribution in [0.4, 0.5) is 17.1 Å². The highest BCUT2D eigenvalue weighted by molar-refractivity contribution is 5.95. The SMILES string of the molecule is CCc1ccccc1NC(=O)CCC(=O)OCC(=O)Nc1ccc(C)c([N+](=O)[O-])c1. The molecule has 0 atom stereocenters. The summed E-state index contributed by atoms with van der Waals surface area (Å²) in [6.45, 7) is 3.01. The second kappa shape index (κ2) is 10.7. The molecule has 9 nitrogen and oxygen atoms in total. The number of esters is 1. The predicted octanol–water partition coefficient (Wildman–Crippen LogP) is 3.37. The van der Waals surface area contributed by atoms with Crippen LogP contribution in [0.1, 0.15) is 30.9 Å². The van der Waals surface area contributed by atoms with Gasteiger partial charge in [-0.15, -0.1) is 0 Å². The van der Waals surface area contributed by atoms with E-state index in [2.05, 4.69) is 10.6 Å². The Hall–Kier alpha value is -3.75. The molecule has 0 radical (unpaired) electrons. The van der Waals surface area contributed by atoms with Crippen LogP contribution < -0.4 is 10.6 Å². The van der Waals surface area contributed by atoms with Crippen molar-refractivity contribution < 1.29 is 24.0 Å². The molecular formula is C21H23N3O6. The zero-order valence-corrected chi connectivity index (χ0v) is 16.8. The van der Waals surface area contributed by atoms with Crippen molar-refractivity contribution in [2.45, 2.75) is 33.1 Å². The number of carbonyl (C=O) groups is 3. The first-order valence-electron chi connectivity index (χ1n) is 9.38. The Kier molecular flexibility index (Phi) is 8.04. The van der Waals surface area contributed by atoms with Crippen molar-refractivity contribution in [2.75, 3.05) is 17.2 Å². The lowest BCUT2D eigenvalue weighted by molar-refractivity contribution is -0.385. The summed E-state index contributed by atoms with van der Waals surface area (Å²) < 4.78 is 4.86. The van der Waals surface area contributed by atoms with Gasteiger partial charge in [0.25, 0.3) is 11.6 Å². The number of nitrogens with one attached hydrogen (secondary N) is 2. The molecule has 0 heterocycles. The molecule has 0 fully saturated rings. The van der Waals surface area contributed by atoms with E-state index < -0.39 is 23.4 Å². The standard InChI is InChI=1S/C21H23N3O6/c1-3-15-6-4-5-7-17(15)23-19(25)10-11-21(27)30-13-20(26)22-16-9-8-14(2)18(12-16)24(28)29/h4-9,12H,3,10-11,13H2,1-2H3,(H,22,26)(H,23,25). The molecule has 0 spiro atoms. The van der Waals surface area contributed by atoms with Gasteiger partial charge in [0.2, 0.25) is 5.91 Å². The normalized spacial score (nSPS) is 10.2. The molecule has 2 N–H and O–H groups in total. The first-order valence-corrected chi connectivity index (χ1v) is 9.38. The second-order valence-electron chi connectivity index (χ2n) is 6.53. The summed E-state index contributed by atoms with van der Waals surface area (Å²) in [5, 5.41) is 16.1. The summed E-state index contributed by atoms with van der Waals surface area (Å²) in [6.07, 6.45) is 0.504. The van der Waals surface area contributed by atoms with Crippen molar-refractivity contribution in [2.24, 2.45) is 0 Å². The van der Waals surface area contributed by atoms with Gasteiger partial charge >= 0.3 is 5.97 Å². The third kappa shape index (κ3) is 6.69. The van der Waals surface area contributed by atoms with E-state index >= 15 is 0 Å². The summed E-state index contributed by atoms with van der Waals surface area (Å²) in [7, 11) is 0. The fraction of sp³-hybridized carbons (Fsp3) is 0.286. The van der Waals surface area contributed by atoms with Crippen LogP contribution in [0.25, 0.3) is 0 Å². The van der Waals surface area contributed by atoms with Gasteiger partial charge in [-0.3, -0.25) is 24.5 Å². The van der Waals surface area contributed by atoms with Crippen molar-refractivity contribution in [3.63, 3.8) is 0 Å². The van der Waals surface area contributed by atoms with Gasteiger partial charge in [-0.1, -0.05) is 31.2 Å². The Balaban J connectivity index is 1.76. The fourth-order valence-electron chi connectivity index (χ4n) is 2.68. The number of carbonyl (C=O) groups excluding carboxylic acids is 3. The molecular weight excluding hydrogens is 390 g/mol. The second-order valence-corrected chi connectivity index (χ2v) is 6.53. The molecule has 2 rings (SSSR count). The highest BCUT2D eigenvalue weighted by Crippen LogP contribution is 2.22. The summed E-state index contributed by atoms with van der Waals surface area (Å²) in [5.41, 5.74) is 2.25. The van der Waals surface area contributed by atoms with E-state index in [-0.39, 0.29) is 30.1 Å². The molecule has 9 heteroatoms. The zero-order valence-electron chi connectivity index (χ0n) is 16.8. The Bertz CT molecular complexity index is 958. The van der Waals surface area contributed by atoms with E-state index in [0.717, 1.165) is 12.0 Å². The van der Waals surface area contributed by atoms with Gasteiger partial charge in [0, 0.05) is 29.4 Å². The monoisotopic (exact) mass is 413 g/mol. The van der Waals surface area contributed by atoms with E-state index in [1.165, 1.54) is 18.2 Å². The maximum Gasteiger partial charge on any atom is 0.306 e. The number of ether oxygens (including phenoxy) is 1. The molecule has 0 aliphatic carbocycles. The highest BCUT2D eigenvalue weighted by Gasteiger charge is 2.14. The minimum Gasteiger partial charge on any atom is -0.456 e. The van der Waals surface area contributed by atoms with Crippen molar-refractivity contribution in [1.82, 2.24) is 0 Å². The minimum absolute atomic E-state index is 0.0807. The molecule has 0 aliphatic rings. The number of nitro groups is 1. The van der Waals surface area contributed by atoms with Crippen LogP contribution in [0, 0.1) is 17.0 Å². The van der Waals surface area contributed by atoms with Gasteiger partial charge < -0.3 is 15.4 Å². The number of para-hydroxylation sites is 1. The number of hydrogen-bond acceptors (Lipinski definition) is 6. The van der Waals surface area contributed by atoms with Crippen LogP contribution in [-0.4, -0.2) is 29.3 Å². The Morgan fingerprint density at radius 2 is 1.77 bits per heavy atom. The van der Waals surface area contributed by atoms with E-state index in [4.69, 9.17) is 4.74 Å². The van der Waals surface area contributed by atoms with Gasteiger partial charge in [-0.2, -0.15) is 0 Å². The number of nitrogens with zero attached hydrogens (tertiary/aromatic N) is 1. The molecule has 0 unspecified atom stereocenters. The molecule has 0 aliphatic heterocycles. The van der Waals surface area contributed by atoms with Crippen molar-refractivity contribution in [3.8, 4) is 0 Å². The minimum atomic E-state index is -0.695. The molecule has 158 valence electrons. The molecule has 0 aromatic heterocycles. The van der Waals surface area contributed by atoms with Gasteiger partial charge in [-0.25, -0.2) is 0 Å². The molecule has 0 saturated carbocycles. The number of hydrogen-bond donors (Lipinski definition) is 2. The number of anilines is 2. The van der Waals surface area contributed by atoms with Gasteiger partial charge in [0.1, 0.15) is 0 Å². The lowest BCUT2D eigenvalue weighted by atomic mass is 10.1. The van der Waals surface area contributed by atoms with Crippen LogP contribution in [0.2, 0.25) is 0 Å². The topological polar surface area (TPSA) is 128 Å². The smallest absolute Gasteiger partial charge is 0.306 e. The zero-order chi connectivity index (χ0) is 22.1. The van der Waals surface area contributed by atoms with E-state index in [1.54, 1.807) is 13.0 Å². The van der Waals surface area contributed by atoms with Gasteiger partial charge in [0.15, 0.2) is 6.61 Å². The lowest BCUT2D eigenvalue weighted by Gasteiger charge is -2.10. The Morgan fingerprint density at radius 1 is 1.03 bits per heavy atom. The van der Waals surface area contributed by atoms with Crippen LogP contribution in [0.5, 0.6) is 0 Å². The van der Waals surface area contributed by atoms with Crippen LogP contribution in [0.3, 0.4) is 0 Å². The maximum absolute atomic E-state index is 12.0. The van der Waals surface area contributed by atoms with Crippen LogP contribution in [-0.2, 0) is 25.5 Å². The Labute approximate surface area is 173 Å². The van der Waals surface area contributed by atoms with E-state index in [9.17, 15) is 24.5 Å². The summed E-state index contributed by atoms with van der Waals surface area (Å²) in [6, 6.07) is 11.6. The van der Waals surface area contributed by atoms with Crippen LogP contribution in [0.15, 0.2) is 42.5 Å². The largest absolute Gasteiger partial charge is 0.456 e. The first-order chi connectivity index (χ1) is 14.3. The molecule has 0 saturated heterocycles. The van der Waals surface area contributed by atoms with Crippen molar-refractivity contribution >= 4 is 34.8 Å². The lowest BCUT2D eigenvalue weighted by Crippen LogP contribution is -2.22. The number of nitro benzene ring substituents is 1. The van der Waals surface area contributed by atoms with Crippen molar-refractivity contribution in [3.05, 3.63) is 63.7 Å². The molecule has 2 aromatic carbocycles.